The van der Waals surface area contributed by atoms with Gasteiger partial charge in [-0.15, -0.1) is 11.6 Å². The van der Waals surface area contributed by atoms with Gasteiger partial charge in [-0.3, -0.25) is 9.69 Å². The molecule has 2 aliphatic rings. The molecule has 1 aliphatic heterocycles. The number of carbonyl (C=O) groups is 1. The van der Waals surface area contributed by atoms with E-state index in [1.54, 1.807) is 6.92 Å². The van der Waals surface area contributed by atoms with Crippen LogP contribution < -0.4 is 0 Å². The monoisotopic (exact) mass is 201 g/mol. The first kappa shape index (κ1) is 9.47. The average molecular weight is 202 g/mol. The maximum Gasteiger partial charge on any atom is 0.147 e. The largest absolute Gasteiger partial charge is 0.298 e. The van der Waals surface area contributed by atoms with Crippen LogP contribution >= 0.6 is 11.6 Å². The van der Waals surface area contributed by atoms with Gasteiger partial charge in [-0.2, -0.15) is 0 Å². The minimum atomic E-state index is -0.0527. The molecule has 0 aromatic heterocycles. The Morgan fingerprint density at radius 3 is 2.77 bits per heavy atom. The summed E-state index contributed by atoms with van der Waals surface area (Å²) in [6.07, 6.45) is 0.988. The number of alkyl halides is 1. The van der Waals surface area contributed by atoms with Crippen molar-refractivity contribution in [1.29, 1.82) is 0 Å². The van der Waals surface area contributed by atoms with Gasteiger partial charge >= 0.3 is 0 Å². The maximum absolute atomic E-state index is 11.4. The molecule has 0 N–H and O–H groups in total. The first-order valence-corrected chi connectivity index (χ1v) is 5.29. The van der Waals surface area contributed by atoms with Gasteiger partial charge in [-0.25, -0.2) is 0 Å². The lowest BCUT2D eigenvalue weighted by Gasteiger charge is -2.25. The van der Waals surface area contributed by atoms with Crippen LogP contribution in [0, 0.1) is 11.8 Å². The van der Waals surface area contributed by atoms with Gasteiger partial charge in [-0.05, 0) is 26.3 Å². The number of likely N-dealkylation sites (N-methyl/N-ethyl adjacent to an activating group) is 1. The molecule has 2 fully saturated rings. The molecule has 13 heavy (non-hydrogen) atoms. The van der Waals surface area contributed by atoms with Crippen LogP contribution in [0.3, 0.4) is 0 Å². The van der Waals surface area contributed by atoms with Gasteiger partial charge < -0.3 is 0 Å². The van der Waals surface area contributed by atoms with E-state index in [2.05, 4.69) is 11.8 Å². The number of likely N-dealkylation sites (tertiary alicyclic amines) is 1. The summed E-state index contributed by atoms with van der Waals surface area (Å²) in [4.78, 5) is 13.5. The zero-order valence-electron chi connectivity index (χ0n) is 8.38. The second-order valence-corrected chi connectivity index (χ2v) is 5.11. The fourth-order valence-corrected chi connectivity index (χ4v) is 3.43. The fraction of sp³-hybridized carbons (Fsp3) is 0.900. The van der Waals surface area contributed by atoms with E-state index < -0.39 is 0 Å². The molecule has 74 valence electrons. The Morgan fingerprint density at radius 2 is 2.31 bits per heavy atom. The maximum atomic E-state index is 11.4. The first-order valence-electron chi connectivity index (χ1n) is 4.92. The lowest BCUT2D eigenvalue weighted by Crippen LogP contribution is -2.39. The molecule has 1 unspecified atom stereocenters. The van der Waals surface area contributed by atoms with Gasteiger partial charge in [0.15, 0.2) is 0 Å². The number of halogens is 1. The SMILES string of the molecule is CCC1(Cl)[C@@H]2[C@@H](C(C)=O)N(C)C[C@@H]21. The molecule has 0 aromatic rings. The average Bonchev–Trinajstić information content (AvgIpc) is 2.47. The number of hydrogen-bond donors (Lipinski definition) is 0. The lowest BCUT2D eigenvalue weighted by molar-refractivity contribution is -0.121. The third-order valence-electron chi connectivity index (χ3n) is 3.75. The minimum Gasteiger partial charge on any atom is -0.298 e. The number of ketones is 1. The number of carbonyl (C=O) groups excluding carboxylic acids is 1. The minimum absolute atomic E-state index is 0.0527. The van der Waals surface area contributed by atoms with Crippen molar-refractivity contribution < 1.29 is 4.79 Å². The third kappa shape index (κ3) is 1.08. The molecule has 1 saturated carbocycles. The molecule has 2 rings (SSSR count). The van der Waals surface area contributed by atoms with E-state index >= 15 is 0 Å². The summed E-state index contributed by atoms with van der Waals surface area (Å²) in [6.45, 7) is 4.78. The molecule has 0 amide bonds. The standard InChI is InChI=1S/C10H16ClNO/c1-4-10(11)7-5-12(3)9(6(2)13)8(7)10/h7-9H,4-5H2,1-3H3/t7-,8-,9+,10?/m0/s1. The smallest absolute Gasteiger partial charge is 0.147 e. The first-order chi connectivity index (χ1) is 6.02. The summed E-state index contributed by atoms with van der Waals surface area (Å²) in [5.41, 5.74) is 0. The molecular formula is C10H16ClNO. The van der Waals surface area contributed by atoms with Crippen LogP contribution in [0.5, 0.6) is 0 Å². The Kier molecular flexibility index (Phi) is 1.97. The van der Waals surface area contributed by atoms with Crippen LogP contribution in [0.4, 0.5) is 0 Å². The quantitative estimate of drug-likeness (QED) is 0.632. The number of nitrogens with zero attached hydrogens (tertiary/aromatic N) is 1. The lowest BCUT2D eigenvalue weighted by atomic mass is 10.1. The van der Waals surface area contributed by atoms with Crippen LogP contribution in [0.15, 0.2) is 0 Å². The summed E-state index contributed by atoms with van der Waals surface area (Å²) in [5.74, 6) is 1.24. The summed E-state index contributed by atoms with van der Waals surface area (Å²) in [6, 6.07) is 0.0856. The van der Waals surface area contributed by atoms with Gasteiger partial charge in [0.1, 0.15) is 5.78 Å². The molecule has 0 radical (unpaired) electrons. The second-order valence-electron chi connectivity index (χ2n) is 4.41. The highest BCUT2D eigenvalue weighted by atomic mass is 35.5. The van der Waals surface area contributed by atoms with Gasteiger partial charge in [0.05, 0.1) is 10.9 Å². The predicted octanol–water partition coefficient (Wildman–Crippen LogP) is 1.52. The third-order valence-corrected chi connectivity index (χ3v) is 4.55. The zero-order valence-corrected chi connectivity index (χ0v) is 9.14. The molecule has 0 bridgehead atoms. The number of hydrogen-bond acceptors (Lipinski definition) is 2. The molecule has 0 aromatic carbocycles. The predicted molar refractivity (Wildman–Crippen MR) is 53.0 cm³/mol. The highest BCUT2D eigenvalue weighted by Gasteiger charge is 2.70. The summed E-state index contributed by atoms with van der Waals surface area (Å²) in [5, 5.41) is 0. The van der Waals surface area contributed by atoms with E-state index in [1.165, 1.54) is 0 Å². The highest BCUT2D eigenvalue weighted by molar-refractivity contribution is 6.27. The van der Waals surface area contributed by atoms with E-state index in [0.29, 0.717) is 11.8 Å². The van der Waals surface area contributed by atoms with E-state index in [4.69, 9.17) is 11.6 Å². The van der Waals surface area contributed by atoms with Crippen LogP contribution in [-0.2, 0) is 4.79 Å². The molecule has 0 spiro atoms. The Labute approximate surface area is 84.2 Å². The number of Topliss-reactive ketones (excluding diaryl/α,β-unsaturated/α-hetero) is 1. The topological polar surface area (TPSA) is 20.3 Å². The second kappa shape index (κ2) is 2.71. The zero-order chi connectivity index (χ0) is 9.80. The van der Waals surface area contributed by atoms with Crippen molar-refractivity contribution in [2.24, 2.45) is 11.8 Å². The van der Waals surface area contributed by atoms with E-state index in [9.17, 15) is 4.79 Å². The summed E-state index contributed by atoms with van der Waals surface area (Å²) in [7, 11) is 2.02. The van der Waals surface area contributed by atoms with Crippen LogP contribution in [0.1, 0.15) is 20.3 Å². The number of rotatable bonds is 2. The Morgan fingerprint density at radius 1 is 1.69 bits per heavy atom. The van der Waals surface area contributed by atoms with E-state index in [1.807, 2.05) is 7.05 Å². The molecule has 1 heterocycles. The molecule has 1 aliphatic carbocycles. The fourth-order valence-electron chi connectivity index (χ4n) is 3.02. The highest BCUT2D eigenvalue weighted by Crippen LogP contribution is 2.64. The molecule has 2 nitrogen and oxygen atoms in total. The van der Waals surface area contributed by atoms with Crippen molar-refractivity contribution >= 4 is 17.4 Å². The Balaban J connectivity index is 2.17. The van der Waals surface area contributed by atoms with Gasteiger partial charge in [0.25, 0.3) is 0 Å². The van der Waals surface area contributed by atoms with Gasteiger partial charge in [-0.1, -0.05) is 6.92 Å². The van der Waals surface area contributed by atoms with Crippen LogP contribution in [0.25, 0.3) is 0 Å². The normalized spacial score (nSPS) is 49.1. The Hall–Kier alpha value is -0.0800. The number of fused-ring (bicyclic) bond motifs is 1. The molecule has 1 saturated heterocycles. The van der Waals surface area contributed by atoms with Crippen molar-refractivity contribution in [2.45, 2.75) is 31.2 Å². The van der Waals surface area contributed by atoms with Crippen molar-refractivity contribution in [3.05, 3.63) is 0 Å². The van der Waals surface area contributed by atoms with Crippen LogP contribution in [0.2, 0.25) is 0 Å². The molecular weight excluding hydrogens is 186 g/mol. The summed E-state index contributed by atoms with van der Waals surface area (Å²) < 4.78 is 0. The molecule has 4 atom stereocenters. The van der Waals surface area contributed by atoms with Gasteiger partial charge in [0, 0.05) is 12.5 Å². The molecule has 3 heteroatoms. The van der Waals surface area contributed by atoms with Gasteiger partial charge in [0.2, 0.25) is 0 Å². The van der Waals surface area contributed by atoms with E-state index in [0.717, 1.165) is 13.0 Å². The summed E-state index contributed by atoms with van der Waals surface area (Å²) >= 11 is 6.42. The van der Waals surface area contributed by atoms with Crippen molar-refractivity contribution in [1.82, 2.24) is 4.90 Å². The van der Waals surface area contributed by atoms with Crippen molar-refractivity contribution in [2.75, 3.05) is 13.6 Å². The number of piperidine rings is 1. The van der Waals surface area contributed by atoms with Crippen molar-refractivity contribution in [3.8, 4) is 0 Å². The van der Waals surface area contributed by atoms with Crippen LogP contribution in [-0.4, -0.2) is 35.2 Å². The van der Waals surface area contributed by atoms with E-state index in [-0.39, 0.29) is 16.7 Å². The van der Waals surface area contributed by atoms with Crippen molar-refractivity contribution in [3.63, 3.8) is 0 Å². The Bertz CT molecular complexity index is 255.